The topological polar surface area (TPSA) is 80.4 Å². The van der Waals surface area contributed by atoms with Gasteiger partial charge < -0.3 is 14.6 Å². The summed E-state index contributed by atoms with van der Waals surface area (Å²) in [5.41, 5.74) is 0.348. The van der Waals surface area contributed by atoms with E-state index < -0.39 is 11.1 Å². The van der Waals surface area contributed by atoms with Gasteiger partial charge in [0.2, 0.25) is 0 Å². The molecule has 0 radical (unpaired) electrons. The van der Waals surface area contributed by atoms with Crippen LogP contribution in [0.4, 0.5) is 4.39 Å². The molecular formula is C21H23FN4O3. The van der Waals surface area contributed by atoms with Crippen LogP contribution in [0.2, 0.25) is 0 Å². The zero-order valence-corrected chi connectivity index (χ0v) is 16.8. The van der Waals surface area contributed by atoms with Gasteiger partial charge in [-0.05, 0) is 45.4 Å². The van der Waals surface area contributed by atoms with E-state index >= 15 is 0 Å². The molecule has 1 atom stereocenters. The van der Waals surface area contributed by atoms with Crippen molar-refractivity contribution in [3.63, 3.8) is 0 Å². The van der Waals surface area contributed by atoms with E-state index in [9.17, 15) is 19.1 Å². The molecule has 0 unspecified atom stereocenters. The lowest BCUT2D eigenvalue weighted by Crippen LogP contribution is -2.51. The molecule has 2 aromatic heterocycles. The molecule has 3 aromatic rings. The Hall–Kier alpha value is -3.16. The van der Waals surface area contributed by atoms with Gasteiger partial charge >= 0.3 is 0 Å². The molecule has 4 rings (SSSR count). The number of nitrogens with zero attached hydrogens (tertiary/aromatic N) is 4. The maximum absolute atomic E-state index is 13.1. The van der Waals surface area contributed by atoms with Crippen LogP contribution in [0.25, 0.3) is 10.9 Å². The van der Waals surface area contributed by atoms with Crippen LogP contribution in [0.1, 0.15) is 49.8 Å². The molecule has 8 heteroatoms. The molecule has 1 amide bonds. The van der Waals surface area contributed by atoms with Gasteiger partial charge in [-0.25, -0.2) is 9.07 Å². The third-order valence-electron chi connectivity index (χ3n) is 5.38. The summed E-state index contributed by atoms with van der Waals surface area (Å²) < 4.78 is 16.0. The molecule has 152 valence electrons. The Morgan fingerprint density at radius 3 is 2.48 bits per heavy atom. The number of aromatic nitrogens is 3. The van der Waals surface area contributed by atoms with Gasteiger partial charge in [0.25, 0.3) is 11.5 Å². The van der Waals surface area contributed by atoms with Gasteiger partial charge in [-0.3, -0.25) is 9.59 Å². The molecule has 0 bridgehead atoms. The Morgan fingerprint density at radius 2 is 1.86 bits per heavy atom. The normalized spacial score (nSPS) is 17.1. The highest BCUT2D eigenvalue weighted by atomic mass is 19.1. The van der Waals surface area contributed by atoms with Crippen LogP contribution in [-0.2, 0) is 6.54 Å². The SMILES string of the molecule is C[C@H]1CN(C(C)(C)C)C(=O)c2c(O)c3c(=O)n(Cc4ccc(F)cc4)ncc3n21. The zero-order chi connectivity index (χ0) is 21.1. The first-order valence-electron chi connectivity index (χ1n) is 9.49. The summed E-state index contributed by atoms with van der Waals surface area (Å²) in [7, 11) is 0. The first-order chi connectivity index (χ1) is 13.6. The minimum absolute atomic E-state index is 0.0769. The molecule has 0 saturated heterocycles. The van der Waals surface area contributed by atoms with Crippen molar-refractivity contribution in [2.75, 3.05) is 6.54 Å². The Labute approximate surface area is 167 Å². The largest absolute Gasteiger partial charge is 0.505 e. The fourth-order valence-electron chi connectivity index (χ4n) is 3.91. The first-order valence-corrected chi connectivity index (χ1v) is 9.49. The molecule has 3 heterocycles. The van der Waals surface area contributed by atoms with E-state index in [0.717, 1.165) is 0 Å². The monoisotopic (exact) mass is 398 g/mol. The quantitative estimate of drug-likeness (QED) is 0.720. The average Bonchev–Trinajstić information content (AvgIpc) is 2.95. The number of carbonyl (C=O) groups excluding carboxylic acids is 1. The second kappa shape index (κ2) is 6.43. The predicted octanol–water partition coefficient (Wildman–Crippen LogP) is 2.91. The molecule has 7 nitrogen and oxygen atoms in total. The van der Waals surface area contributed by atoms with Crippen LogP contribution in [0.3, 0.4) is 0 Å². The number of benzene rings is 1. The predicted molar refractivity (Wildman–Crippen MR) is 107 cm³/mol. The van der Waals surface area contributed by atoms with Crippen molar-refractivity contribution in [1.29, 1.82) is 0 Å². The Balaban J connectivity index is 1.87. The van der Waals surface area contributed by atoms with Gasteiger partial charge in [-0.15, -0.1) is 0 Å². The van der Waals surface area contributed by atoms with Crippen molar-refractivity contribution in [3.8, 4) is 5.75 Å². The van der Waals surface area contributed by atoms with Gasteiger partial charge in [0.1, 0.15) is 11.2 Å². The summed E-state index contributed by atoms with van der Waals surface area (Å²) >= 11 is 0. The number of hydrogen-bond donors (Lipinski definition) is 1. The summed E-state index contributed by atoms with van der Waals surface area (Å²) in [6, 6.07) is 5.65. The standard InChI is InChI=1S/C21H23FN4O3/c1-12-10-24(21(2,3)4)20(29)17-18(27)16-15(26(12)17)9-23-25(19(16)28)11-13-5-7-14(22)8-6-13/h5-9,12,27H,10-11H2,1-4H3/t12-/m0/s1. The van der Waals surface area contributed by atoms with Gasteiger partial charge in [-0.1, -0.05) is 12.1 Å². The lowest BCUT2D eigenvalue weighted by molar-refractivity contribution is 0.0472. The van der Waals surface area contributed by atoms with E-state index in [1.807, 2.05) is 27.7 Å². The molecule has 29 heavy (non-hydrogen) atoms. The smallest absolute Gasteiger partial charge is 0.280 e. The summed E-state index contributed by atoms with van der Waals surface area (Å²) in [4.78, 5) is 27.9. The van der Waals surface area contributed by atoms with E-state index in [0.29, 0.717) is 17.6 Å². The fraction of sp³-hybridized carbons (Fsp3) is 0.381. The third-order valence-corrected chi connectivity index (χ3v) is 5.38. The molecule has 1 aromatic carbocycles. The van der Waals surface area contributed by atoms with Crippen LogP contribution in [0, 0.1) is 5.82 Å². The summed E-state index contributed by atoms with van der Waals surface area (Å²) in [5, 5.41) is 15.2. The van der Waals surface area contributed by atoms with Gasteiger partial charge in [0.05, 0.1) is 18.3 Å². The minimum Gasteiger partial charge on any atom is -0.505 e. The number of halogens is 1. The van der Waals surface area contributed by atoms with Gasteiger partial charge in [-0.2, -0.15) is 5.10 Å². The van der Waals surface area contributed by atoms with Gasteiger partial charge in [0.15, 0.2) is 11.4 Å². The molecular weight excluding hydrogens is 375 g/mol. The second-order valence-corrected chi connectivity index (χ2v) is 8.50. The van der Waals surface area contributed by atoms with Crippen LogP contribution < -0.4 is 5.56 Å². The van der Waals surface area contributed by atoms with E-state index in [1.165, 1.54) is 23.0 Å². The summed E-state index contributed by atoms with van der Waals surface area (Å²) in [6.45, 7) is 8.35. The maximum atomic E-state index is 13.1. The average molecular weight is 398 g/mol. The number of carbonyl (C=O) groups is 1. The first kappa shape index (κ1) is 19.2. The van der Waals surface area contributed by atoms with E-state index in [4.69, 9.17) is 0 Å². The number of aromatic hydroxyl groups is 1. The Kier molecular flexibility index (Phi) is 4.25. The van der Waals surface area contributed by atoms with Gasteiger partial charge in [0, 0.05) is 18.1 Å². The van der Waals surface area contributed by atoms with Crippen LogP contribution in [0.5, 0.6) is 5.75 Å². The van der Waals surface area contributed by atoms with Crippen molar-refractivity contribution >= 4 is 16.8 Å². The fourth-order valence-corrected chi connectivity index (χ4v) is 3.91. The Morgan fingerprint density at radius 1 is 1.21 bits per heavy atom. The van der Waals surface area contributed by atoms with Crippen molar-refractivity contribution in [2.45, 2.75) is 45.8 Å². The minimum atomic E-state index is -0.492. The molecule has 1 N–H and O–H groups in total. The summed E-state index contributed by atoms with van der Waals surface area (Å²) in [6.07, 6.45) is 1.50. The van der Waals surface area contributed by atoms with Crippen molar-refractivity contribution in [3.05, 3.63) is 57.9 Å². The molecule has 1 aliphatic heterocycles. The molecule has 0 saturated carbocycles. The van der Waals surface area contributed by atoms with E-state index in [1.54, 1.807) is 21.6 Å². The van der Waals surface area contributed by atoms with Crippen LogP contribution in [-0.4, -0.2) is 42.3 Å². The van der Waals surface area contributed by atoms with Crippen molar-refractivity contribution < 1.29 is 14.3 Å². The number of fused-ring (bicyclic) bond motifs is 3. The highest BCUT2D eigenvalue weighted by Gasteiger charge is 2.39. The van der Waals surface area contributed by atoms with Crippen molar-refractivity contribution in [2.24, 2.45) is 0 Å². The maximum Gasteiger partial charge on any atom is 0.280 e. The number of hydrogen-bond acceptors (Lipinski definition) is 4. The summed E-state index contributed by atoms with van der Waals surface area (Å²) in [5.74, 6) is -0.988. The molecule has 0 spiro atoms. The van der Waals surface area contributed by atoms with Crippen LogP contribution >= 0.6 is 0 Å². The van der Waals surface area contributed by atoms with Crippen molar-refractivity contribution in [1.82, 2.24) is 19.2 Å². The van der Waals surface area contributed by atoms with E-state index in [-0.39, 0.29) is 41.1 Å². The van der Waals surface area contributed by atoms with Crippen LogP contribution in [0.15, 0.2) is 35.3 Å². The third kappa shape index (κ3) is 2.99. The molecule has 1 aliphatic rings. The number of rotatable bonds is 2. The highest BCUT2D eigenvalue weighted by molar-refractivity contribution is 6.04. The Bertz CT molecular complexity index is 1170. The lowest BCUT2D eigenvalue weighted by Gasteiger charge is -2.41. The number of amides is 1. The highest BCUT2D eigenvalue weighted by Crippen LogP contribution is 2.38. The molecule has 0 aliphatic carbocycles. The lowest BCUT2D eigenvalue weighted by atomic mass is 10.0. The van der Waals surface area contributed by atoms with E-state index in [2.05, 4.69) is 5.10 Å². The second-order valence-electron chi connectivity index (χ2n) is 8.50. The molecule has 0 fully saturated rings. The zero-order valence-electron chi connectivity index (χ0n) is 16.8.